The fourth-order valence-electron chi connectivity index (χ4n) is 2.93. The Kier molecular flexibility index (Phi) is 3.57. The standard InChI is InChI=1S/C16H21N3O/c1-2-10-19-15(17-12-18-19)11-14(20)16(8-9-16)13-6-4-3-5-7-13/h3-7,12,14,20H,2,8-11H2,1H3. The van der Waals surface area contributed by atoms with Gasteiger partial charge in [-0.1, -0.05) is 37.3 Å². The zero-order valence-electron chi connectivity index (χ0n) is 11.9. The number of hydrogen-bond acceptors (Lipinski definition) is 3. The Bertz CT molecular complexity index is 560. The van der Waals surface area contributed by atoms with Gasteiger partial charge in [0, 0.05) is 18.4 Å². The lowest BCUT2D eigenvalue weighted by molar-refractivity contribution is 0.128. The highest BCUT2D eigenvalue weighted by Gasteiger charge is 2.50. The van der Waals surface area contributed by atoms with Gasteiger partial charge in [-0.3, -0.25) is 4.68 Å². The van der Waals surface area contributed by atoms with E-state index in [1.54, 1.807) is 6.33 Å². The topological polar surface area (TPSA) is 50.9 Å². The summed E-state index contributed by atoms with van der Waals surface area (Å²) in [5, 5.41) is 14.9. The van der Waals surface area contributed by atoms with Gasteiger partial charge in [0.15, 0.2) is 0 Å². The van der Waals surface area contributed by atoms with E-state index in [1.165, 1.54) is 5.56 Å². The molecule has 1 fully saturated rings. The van der Waals surface area contributed by atoms with Crippen molar-refractivity contribution in [1.82, 2.24) is 14.8 Å². The molecular formula is C16H21N3O. The van der Waals surface area contributed by atoms with Crippen LogP contribution in [-0.2, 0) is 18.4 Å². The fourth-order valence-corrected chi connectivity index (χ4v) is 2.93. The first-order valence-corrected chi connectivity index (χ1v) is 7.36. The second-order valence-corrected chi connectivity index (χ2v) is 5.64. The average Bonchev–Trinajstić information content (AvgIpc) is 3.19. The van der Waals surface area contributed by atoms with Crippen LogP contribution in [0.25, 0.3) is 0 Å². The zero-order chi connectivity index (χ0) is 14.0. The van der Waals surface area contributed by atoms with Crippen LogP contribution >= 0.6 is 0 Å². The number of rotatable bonds is 6. The second-order valence-electron chi connectivity index (χ2n) is 5.64. The Morgan fingerprint density at radius 2 is 2.05 bits per heavy atom. The molecule has 1 N–H and O–H groups in total. The Hall–Kier alpha value is -1.68. The fraction of sp³-hybridized carbons (Fsp3) is 0.500. The molecule has 106 valence electrons. The molecule has 1 aliphatic carbocycles. The van der Waals surface area contributed by atoms with E-state index in [0.29, 0.717) is 6.42 Å². The van der Waals surface area contributed by atoms with Gasteiger partial charge < -0.3 is 5.11 Å². The van der Waals surface area contributed by atoms with Gasteiger partial charge in [-0.25, -0.2) is 4.98 Å². The number of aliphatic hydroxyl groups excluding tert-OH is 1. The third-order valence-corrected chi connectivity index (χ3v) is 4.28. The minimum Gasteiger partial charge on any atom is -0.392 e. The van der Waals surface area contributed by atoms with Crippen molar-refractivity contribution in [2.75, 3.05) is 0 Å². The van der Waals surface area contributed by atoms with Crippen LogP contribution in [0.5, 0.6) is 0 Å². The molecule has 20 heavy (non-hydrogen) atoms. The van der Waals surface area contributed by atoms with Gasteiger partial charge in [0.2, 0.25) is 0 Å². The third-order valence-electron chi connectivity index (χ3n) is 4.28. The Morgan fingerprint density at radius 3 is 2.70 bits per heavy atom. The van der Waals surface area contributed by atoms with E-state index >= 15 is 0 Å². The van der Waals surface area contributed by atoms with Crippen molar-refractivity contribution in [3.05, 3.63) is 48.0 Å². The number of aryl methyl sites for hydroxylation is 1. The van der Waals surface area contributed by atoms with Crippen molar-refractivity contribution in [1.29, 1.82) is 0 Å². The summed E-state index contributed by atoms with van der Waals surface area (Å²) in [6.45, 7) is 2.98. The maximum Gasteiger partial charge on any atom is 0.138 e. The second kappa shape index (κ2) is 5.37. The minimum absolute atomic E-state index is 0.0652. The molecule has 0 amide bonds. The lowest BCUT2D eigenvalue weighted by atomic mass is 9.88. The molecule has 0 spiro atoms. The summed E-state index contributed by atoms with van der Waals surface area (Å²) in [5.41, 5.74) is 1.18. The molecule has 3 rings (SSSR count). The highest BCUT2D eigenvalue weighted by molar-refractivity contribution is 5.33. The summed E-state index contributed by atoms with van der Waals surface area (Å²) in [5.74, 6) is 0.890. The molecule has 4 heteroatoms. The summed E-state index contributed by atoms with van der Waals surface area (Å²) in [6.07, 6.45) is 4.91. The molecular weight excluding hydrogens is 250 g/mol. The van der Waals surface area contributed by atoms with Gasteiger partial charge >= 0.3 is 0 Å². The van der Waals surface area contributed by atoms with E-state index in [9.17, 15) is 5.11 Å². The van der Waals surface area contributed by atoms with Gasteiger partial charge in [0.1, 0.15) is 12.2 Å². The van der Waals surface area contributed by atoms with Gasteiger partial charge in [0.25, 0.3) is 0 Å². The molecule has 1 saturated carbocycles. The number of hydrogen-bond donors (Lipinski definition) is 1. The predicted molar refractivity (Wildman–Crippen MR) is 77.4 cm³/mol. The first kappa shape index (κ1) is 13.3. The van der Waals surface area contributed by atoms with Crippen LogP contribution in [0.2, 0.25) is 0 Å². The van der Waals surface area contributed by atoms with Crippen LogP contribution < -0.4 is 0 Å². The van der Waals surface area contributed by atoms with Crippen molar-refractivity contribution in [2.24, 2.45) is 0 Å². The zero-order valence-corrected chi connectivity index (χ0v) is 11.9. The lowest BCUT2D eigenvalue weighted by Gasteiger charge is -2.22. The van der Waals surface area contributed by atoms with Crippen molar-refractivity contribution >= 4 is 0 Å². The first-order chi connectivity index (χ1) is 9.76. The monoisotopic (exact) mass is 271 g/mol. The molecule has 0 saturated heterocycles. The van der Waals surface area contributed by atoms with Crippen LogP contribution in [0.4, 0.5) is 0 Å². The lowest BCUT2D eigenvalue weighted by Crippen LogP contribution is -2.29. The first-order valence-electron chi connectivity index (χ1n) is 7.36. The maximum absolute atomic E-state index is 10.7. The molecule has 0 bridgehead atoms. The van der Waals surface area contributed by atoms with Crippen molar-refractivity contribution in [3.8, 4) is 0 Å². The Balaban J connectivity index is 1.76. The van der Waals surface area contributed by atoms with Crippen molar-refractivity contribution in [3.63, 3.8) is 0 Å². The molecule has 2 aromatic rings. The number of benzene rings is 1. The number of aliphatic hydroxyl groups is 1. The normalized spacial score (nSPS) is 17.9. The smallest absolute Gasteiger partial charge is 0.138 e. The Labute approximate surface area is 119 Å². The SMILES string of the molecule is CCCn1ncnc1CC(O)C1(c2ccccc2)CC1. The van der Waals surface area contributed by atoms with E-state index < -0.39 is 0 Å². The van der Waals surface area contributed by atoms with Gasteiger partial charge in [-0.2, -0.15) is 5.10 Å². The molecule has 1 unspecified atom stereocenters. The van der Waals surface area contributed by atoms with Crippen LogP contribution in [0.3, 0.4) is 0 Å². The highest BCUT2D eigenvalue weighted by atomic mass is 16.3. The summed E-state index contributed by atoms with van der Waals surface area (Å²) in [7, 11) is 0. The van der Waals surface area contributed by atoms with Crippen LogP contribution in [0.1, 0.15) is 37.6 Å². The van der Waals surface area contributed by atoms with Crippen LogP contribution in [0.15, 0.2) is 36.7 Å². The van der Waals surface area contributed by atoms with Crippen LogP contribution in [-0.4, -0.2) is 26.0 Å². The van der Waals surface area contributed by atoms with E-state index in [0.717, 1.165) is 31.6 Å². The number of nitrogens with zero attached hydrogens (tertiary/aromatic N) is 3. The summed E-state index contributed by atoms with van der Waals surface area (Å²) in [6, 6.07) is 10.3. The van der Waals surface area contributed by atoms with Crippen molar-refractivity contribution in [2.45, 2.75) is 50.7 Å². The highest BCUT2D eigenvalue weighted by Crippen LogP contribution is 2.51. The summed E-state index contributed by atoms with van der Waals surface area (Å²) >= 11 is 0. The van der Waals surface area contributed by atoms with Gasteiger partial charge in [0.05, 0.1) is 6.10 Å². The summed E-state index contributed by atoms with van der Waals surface area (Å²) in [4.78, 5) is 4.30. The molecule has 1 atom stereocenters. The van der Waals surface area contributed by atoms with E-state index in [1.807, 2.05) is 22.9 Å². The quantitative estimate of drug-likeness (QED) is 0.877. The average molecular weight is 271 g/mol. The molecule has 4 nitrogen and oxygen atoms in total. The van der Waals surface area contributed by atoms with E-state index in [-0.39, 0.29) is 11.5 Å². The molecule has 0 radical (unpaired) electrons. The molecule has 0 aliphatic heterocycles. The maximum atomic E-state index is 10.7. The van der Waals surface area contributed by atoms with Gasteiger partial charge in [-0.05, 0) is 24.8 Å². The largest absolute Gasteiger partial charge is 0.392 e. The Morgan fingerprint density at radius 1 is 1.30 bits per heavy atom. The minimum atomic E-state index is -0.385. The van der Waals surface area contributed by atoms with E-state index in [4.69, 9.17) is 0 Å². The van der Waals surface area contributed by atoms with Crippen LogP contribution in [0, 0.1) is 0 Å². The molecule has 1 aromatic carbocycles. The van der Waals surface area contributed by atoms with Crippen molar-refractivity contribution < 1.29 is 5.11 Å². The predicted octanol–water partition coefficient (Wildman–Crippen LogP) is 2.32. The van der Waals surface area contributed by atoms with E-state index in [2.05, 4.69) is 29.1 Å². The third kappa shape index (κ3) is 2.36. The summed E-state index contributed by atoms with van der Waals surface area (Å²) < 4.78 is 1.91. The molecule has 1 aliphatic rings. The molecule has 1 aromatic heterocycles. The number of aromatic nitrogens is 3. The molecule has 1 heterocycles. The van der Waals surface area contributed by atoms with Gasteiger partial charge in [-0.15, -0.1) is 0 Å².